The van der Waals surface area contributed by atoms with Crippen LogP contribution in [0.25, 0.3) is 11.1 Å². The van der Waals surface area contributed by atoms with Crippen molar-refractivity contribution in [3.05, 3.63) is 95.1 Å². The van der Waals surface area contributed by atoms with Crippen LogP contribution in [-0.2, 0) is 6.42 Å². The van der Waals surface area contributed by atoms with Crippen LogP contribution < -0.4 is 18.9 Å². The molecule has 0 unspecified atom stereocenters. The Morgan fingerprint density at radius 3 is 2.24 bits per heavy atom. The molecule has 2 heterocycles. The topological polar surface area (TPSA) is 118 Å². The summed E-state index contributed by atoms with van der Waals surface area (Å²) in [7, 11) is 1.58. The van der Waals surface area contributed by atoms with E-state index in [4.69, 9.17) is 18.9 Å². The summed E-state index contributed by atoms with van der Waals surface area (Å²) in [4.78, 5) is 0. The highest BCUT2D eigenvalue weighted by Gasteiger charge is 2.43. The number of phenols is 2. The van der Waals surface area contributed by atoms with Crippen molar-refractivity contribution < 1.29 is 39.4 Å². The number of ether oxygens (including phenoxy) is 4. The van der Waals surface area contributed by atoms with Crippen molar-refractivity contribution in [2.45, 2.75) is 50.4 Å². The average molecular weight is 611 g/mol. The quantitative estimate of drug-likeness (QED) is 0.188. The van der Waals surface area contributed by atoms with Crippen molar-refractivity contribution >= 4 is 0 Å². The molecule has 8 nitrogen and oxygen atoms in total. The van der Waals surface area contributed by atoms with Crippen LogP contribution in [0.4, 0.5) is 0 Å². The lowest BCUT2D eigenvalue weighted by Crippen LogP contribution is -2.40. The first kappa shape index (κ1) is 29.3. The number of aliphatic hydroxyl groups excluding tert-OH is 2. The zero-order valence-electron chi connectivity index (χ0n) is 25.2. The Morgan fingerprint density at radius 2 is 1.47 bits per heavy atom. The van der Waals surface area contributed by atoms with Crippen molar-refractivity contribution in [3.8, 4) is 45.6 Å². The molecule has 0 aromatic heterocycles. The van der Waals surface area contributed by atoms with Crippen LogP contribution >= 0.6 is 0 Å². The van der Waals surface area contributed by atoms with Gasteiger partial charge in [0.25, 0.3) is 0 Å². The molecule has 0 saturated heterocycles. The summed E-state index contributed by atoms with van der Waals surface area (Å²) in [6.07, 6.45) is 2.90. The first-order valence-corrected chi connectivity index (χ1v) is 15.6. The maximum Gasteiger partial charge on any atom is 0.128 e. The standard InChI is InChI=1S/C37H38O8/c1-42-27-10-12-34-30(17-27)35(40)32(19-43-34)33-20-44-37-23(16-28(18-31(37)36(33)41)45-26-7-2-3-8-26)13-22-15-25(39)9-11-29(22)21-5-4-6-24(38)14-21/h4-6,9-12,14-18,26,32-33,35-36,38-41H,2-3,7-8,13,19-20H2,1H3/t32-,33+,35-,36+/m0/s1. The maximum absolute atomic E-state index is 11.9. The number of benzene rings is 4. The van der Waals surface area contributed by atoms with E-state index in [-0.39, 0.29) is 30.8 Å². The Balaban J connectivity index is 1.25. The normalized spacial score (nSPS) is 22.6. The lowest BCUT2D eigenvalue weighted by Gasteiger charge is -2.40. The zero-order chi connectivity index (χ0) is 31.1. The van der Waals surface area contributed by atoms with Gasteiger partial charge in [-0.15, -0.1) is 0 Å². The van der Waals surface area contributed by atoms with Gasteiger partial charge >= 0.3 is 0 Å². The number of aromatic hydroxyl groups is 2. The average Bonchev–Trinajstić information content (AvgIpc) is 3.55. The third-order valence-corrected chi connectivity index (χ3v) is 9.47. The fraction of sp³-hybridized carbons (Fsp3) is 0.351. The number of aliphatic hydroxyl groups is 2. The number of fused-ring (bicyclic) bond motifs is 2. The van der Waals surface area contributed by atoms with Gasteiger partial charge in [-0.2, -0.15) is 0 Å². The van der Waals surface area contributed by atoms with Crippen molar-refractivity contribution in [2.75, 3.05) is 20.3 Å². The maximum atomic E-state index is 11.9. The molecule has 3 aliphatic rings. The highest BCUT2D eigenvalue weighted by Crippen LogP contribution is 2.49. The first-order valence-electron chi connectivity index (χ1n) is 15.6. The molecule has 8 heteroatoms. The second-order valence-corrected chi connectivity index (χ2v) is 12.3. The van der Waals surface area contributed by atoms with Crippen LogP contribution in [0.1, 0.15) is 60.1 Å². The van der Waals surface area contributed by atoms with E-state index >= 15 is 0 Å². The molecular formula is C37H38O8. The zero-order valence-corrected chi connectivity index (χ0v) is 25.2. The number of rotatable bonds is 7. The molecule has 0 radical (unpaired) electrons. The van der Waals surface area contributed by atoms with Crippen LogP contribution in [0, 0.1) is 11.8 Å². The van der Waals surface area contributed by atoms with Gasteiger partial charge in [0.1, 0.15) is 34.5 Å². The molecule has 45 heavy (non-hydrogen) atoms. The lowest BCUT2D eigenvalue weighted by atomic mass is 9.77. The van der Waals surface area contributed by atoms with Gasteiger partial charge in [-0.25, -0.2) is 0 Å². The molecule has 1 saturated carbocycles. The van der Waals surface area contributed by atoms with Gasteiger partial charge in [-0.1, -0.05) is 18.2 Å². The minimum atomic E-state index is -0.940. The molecule has 2 aliphatic heterocycles. The highest BCUT2D eigenvalue weighted by molar-refractivity contribution is 5.70. The molecule has 0 amide bonds. The molecule has 4 atom stereocenters. The van der Waals surface area contributed by atoms with Crippen LogP contribution in [0.15, 0.2) is 72.8 Å². The Labute approximate surface area is 262 Å². The monoisotopic (exact) mass is 610 g/mol. The van der Waals surface area contributed by atoms with Crippen molar-refractivity contribution in [2.24, 2.45) is 11.8 Å². The molecule has 0 bridgehead atoms. The van der Waals surface area contributed by atoms with Crippen molar-refractivity contribution in [3.63, 3.8) is 0 Å². The number of hydrogen-bond acceptors (Lipinski definition) is 8. The van der Waals surface area contributed by atoms with Crippen molar-refractivity contribution in [1.82, 2.24) is 0 Å². The van der Waals surface area contributed by atoms with E-state index in [1.165, 1.54) is 0 Å². The molecule has 4 aromatic carbocycles. The Bertz CT molecular complexity index is 1690. The molecule has 7 rings (SSSR count). The fourth-order valence-corrected chi connectivity index (χ4v) is 7.10. The van der Waals surface area contributed by atoms with E-state index in [1.807, 2.05) is 24.3 Å². The van der Waals surface area contributed by atoms with Gasteiger partial charge in [0, 0.05) is 34.9 Å². The SMILES string of the molecule is COc1ccc2c(c1)[C@H](O)[C@H]([C@H]1COc3c(Cc4cc(O)ccc4-c4cccc(O)c4)cc(OC4CCCC4)cc3[C@H]1O)CO2. The van der Waals surface area contributed by atoms with Crippen molar-refractivity contribution in [1.29, 1.82) is 0 Å². The van der Waals surface area contributed by atoms with Gasteiger partial charge in [-0.05, 0) is 97.0 Å². The molecule has 234 valence electrons. The Morgan fingerprint density at radius 1 is 0.733 bits per heavy atom. The lowest BCUT2D eigenvalue weighted by molar-refractivity contribution is -0.0554. The van der Waals surface area contributed by atoms with E-state index < -0.39 is 24.0 Å². The van der Waals surface area contributed by atoms with Gasteiger partial charge in [0.05, 0.1) is 38.6 Å². The molecule has 4 N–H and O–H groups in total. The number of phenolic OH excluding ortho intramolecular Hbond substituents is 2. The van der Waals surface area contributed by atoms with E-state index in [2.05, 4.69) is 0 Å². The van der Waals surface area contributed by atoms with Gasteiger partial charge in [0.15, 0.2) is 0 Å². The summed E-state index contributed by atoms with van der Waals surface area (Å²) in [6, 6.07) is 21.4. The minimum absolute atomic E-state index is 0.108. The van der Waals surface area contributed by atoms with E-state index in [0.717, 1.165) is 47.9 Å². The van der Waals surface area contributed by atoms with Gasteiger partial charge in [-0.3, -0.25) is 0 Å². The molecule has 0 spiro atoms. The third kappa shape index (κ3) is 5.76. The summed E-state index contributed by atoms with van der Waals surface area (Å²) >= 11 is 0. The third-order valence-electron chi connectivity index (χ3n) is 9.47. The second-order valence-electron chi connectivity index (χ2n) is 12.3. The molecule has 1 fully saturated rings. The molecule has 4 aromatic rings. The summed E-state index contributed by atoms with van der Waals surface area (Å²) in [5.74, 6) is 1.90. The second kappa shape index (κ2) is 12.2. The highest BCUT2D eigenvalue weighted by atomic mass is 16.5. The number of hydrogen-bond donors (Lipinski definition) is 4. The predicted molar refractivity (Wildman–Crippen MR) is 168 cm³/mol. The fourth-order valence-electron chi connectivity index (χ4n) is 7.10. The van der Waals surface area contributed by atoms with Crippen LogP contribution in [0.2, 0.25) is 0 Å². The van der Waals surface area contributed by atoms with Crippen LogP contribution in [-0.4, -0.2) is 46.9 Å². The first-order chi connectivity index (χ1) is 21.9. The summed E-state index contributed by atoms with van der Waals surface area (Å²) in [5.41, 5.74) is 4.58. The Kier molecular flexibility index (Phi) is 7.94. The van der Waals surface area contributed by atoms with E-state index in [9.17, 15) is 20.4 Å². The molecule has 1 aliphatic carbocycles. The van der Waals surface area contributed by atoms with Crippen LogP contribution in [0.5, 0.6) is 34.5 Å². The summed E-state index contributed by atoms with van der Waals surface area (Å²) < 4.78 is 24.3. The smallest absolute Gasteiger partial charge is 0.128 e. The van der Waals surface area contributed by atoms with Crippen LogP contribution in [0.3, 0.4) is 0 Å². The van der Waals surface area contributed by atoms with E-state index in [0.29, 0.717) is 40.5 Å². The number of methoxy groups -OCH3 is 1. The Hall–Kier alpha value is -4.40. The minimum Gasteiger partial charge on any atom is -0.508 e. The predicted octanol–water partition coefficient (Wildman–Crippen LogP) is 6.47. The van der Waals surface area contributed by atoms with E-state index in [1.54, 1.807) is 55.6 Å². The molecular weight excluding hydrogens is 572 g/mol. The largest absolute Gasteiger partial charge is 0.508 e. The van der Waals surface area contributed by atoms with Gasteiger partial charge < -0.3 is 39.4 Å². The van der Waals surface area contributed by atoms with Gasteiger partial charge in [0.2, 0.25) is 0 Å². The summed E-state index contributed by atoms with van der Waals surface area (Å²) in [6.45, 7) is 0.427. The summed E-state index contributed by atoms with van der Waals surface area (Å²) in [5, 5.41) is 44.0.